The molecule has 4 nitrogen and oxygen atoms in total. The van der Waals surface area contributed by atoms with Crippen LogP contribution in [0.1, 0.15) is 28.4 Å². The third kappa shape index (κ3) is 4.69. The van der Waals surface area contributed by atoms with Gasteiger partial charge in [0.25, 0.3) is 5.91 Å². The van der Waals surface area contributed by atoms with E-state index in [0.717, 1.165) is 44.6 Å². The number of hydrogen-bond donors (Lipinski definition) is 1. The summed E-state index contributed by atoms with van der Waals surface area (Å²) in [5.74, 6) is 0.717. The highest BCUT2D eigenvalue weighted by atomic mass is 35.5. The molecular formula is C24H21ClN2O2S. The topological polar surface area (TPSA) is 49.4 Å². The first kappa shape index (κ1) is 20.5. The Labute approximate surface area is 185 Å². The van der Waals surface area contributed by atoms with Crippen molar-refractivity contribution in [2.45, 2.75) is 24.0 Å². The Morgan fingerprint density at radius 1 is 1.03 bits per heavy atom. The zero-order valence-corrected chi connectivity index (χ0v) is 18.1. The van der Waals surface area contributed by atoms with Gasteiger partial charge >= 0.3 is 0 Å². The van der Waals surface area contributed by atoms with Gasteiger partial charge in [-0.05, 0) is 72.1 Å². The average molecular weight is 437 g/mol. The van der Waals surface area contributed by atoms with Crippen molar-refractivity contribution in [3.8, 4) is 0 Å². The highest BCUT2D eigenvalue weighted by Crippen LogP contribution is 2.30. The molecule has 0 atom stereocenters. The number of nitrogens with one attached hydrogen (secondary N) is 1. The fourth-order valence-corrected chi connectivity index (χ4v) is 4.44. The molecule has 1 heterocycles. The molecule has 6 heteroatoms. The summed E-state index contributed by atoms with van der Waals surface area (Å²) in [6.07, 6.45) is 0.804. The van der Waals surface area contributed by atoms with Crippen LogP contribution < -0.4 is 10.2 Å². The van der Waals surface area contributed by atoms with Gasteiger partial charge in [-0.1, -0.05) is 23.7 Å². The van der Waals surface area contributed by atoms with E-state index in [1.165, 1.54) is 0 Å². The second-order valence-electron chi connectivity index (χ2n) is 7.16. The molecule has 0 fully saturated rings. The summed E-state index contributed by atoms with van der Waals surface area (Å²) < 4.78 is 0. The molecule has 1 aliphatic rings. The Balaban J connectivity index is 1.37. The molecule has 4 rings (SSSR count). The Morgan fingerprint density at radius 3 is 2.47 bits per heavy atom. The lowest BCUT2D eigenvalue weighted by atomic mass is 10.1. The second kappa shape index (κ2) is 8.94. The maximum Gasteiger partial charge on any atom is 0.255 e. The first-order valence-electron chi connectivity index (χ1n) is 9.69. The van der Waals surface area contributed by atoms with Crippen molar-refractivity contribution in [3.63, 3.8) is 0 Å². The predicted octanol–water partition coefficient (Wildman–Crippen LogP) is 5.79. The van der Waals surface area contributed by atoms with Gasteiger partial charge in [-0.2, -0.15) is 0 Å². The van der Waals surface area contributed by atoms with Gasteiger partial charge < -0.3 is 10.2 Å². The highest BCUT2D eigenvalue weighted by molar-refractivity contribution is 7.98. The summed E-state index contributed by atoms with van der Waals surface area (Å²) in [6, 6.07) is 21.1. The van der Waals surface area contributed by atoms with E-state index in [-0.39, 0.29) is 11.8 Å². The van der Waals surface area contributed by atoms with E-state index >= 15 is 0 Å². The summed E-state index contributed by atoms with van der Waals surface area (Å²) in [5, 5.41) is 3.69. The van der Waals surface area contributed by atoms with Crippen molar-refractivity contribution < 1.29 is 9.59 Å². The van der Waals surface area contributed by atoms with Crippen molar-refractivity contribution in [3.05, 3.63) is 88.4 Å². The number of carbonyl (C=O) groups is 2. The molecule has 1 aliphatic heterocycles. The molecule has 0 radical (unpaired) electrons. The van der Waals surface area contributed by atoms with Crippen LogP contribution in [0.4, 0.5) is 11.4 Å². The van der Waals surface area contributed by atoms with E-state index in [1.807, 2.05) is 66.7 Å². The van der Waals surface area contributed by atoms with Crippen molar-refractivity contribution in [1.29, 1.82) is 0 Å². The van der Waals surface area contributed by atoms with Crippen molar-refractivity contribution in [2.75, 3.05) is 16.8 Å². The lowest BCUT2D eigenvalue weighted by Crippen LogP contribution is -2.25. The number of amides is 2. The van der Waals surface area contributed by atoms with Crippen LogP contribution in [0, 0.1) is 0 Å². The zero-order chi connectivity index (χ0) is 21.1. The molecule has 3 aromatic carbocycles. The molecule has 0 unspecified atom stereocenters. The first-order chi connectivity index (χ1) is 14.5. The number of anilines is 2. The van der Waals surface area contributed by atoms with Gasteiger partial charge in [0.15, 0.2) is 0 Å². The van der Waals surface area contributed by atoms with Gasteiger partial charge in [0.2, 0.25) is 5.91 Å². The number of fused-ring (bicyclic) bond motifs is 1. The van der Waals surface area contributed by atoms with Gasteiger partial charge in [-0.15, -0.1) is 11.8 Å². The lowest BCUT2D eigenvalue weighted by Gasteiger charge is -2.15. The number of rotatable bonds is 5. The average Bonchev–Trinajstić information content (AvgIpc) is 3.17. The number of halogens is 1. The number of carbonyl (C=O) groups excluding carboxylic acids is 2. The summed E-state index contributed by atoms with van der Waals surface area (Å²) in [4.78, 5) is 27.2. The molecule has 0 saturated heterocycles. The van der Waals surface area contributed by atoms with E-state index in [9.17, 15) is 9.59 Å². The summed E-state index contributed by atoms with van der Waals surface area (Å²) >= 11 is 7.64. The third-order valence-electron chi connectivity index (χ3n) is 5.05. The van der Waals surface area contributed by atoms with E-state index in [4.69, 9.17) is 11.6 Å². The van der Waals surface area contributed by atoms with Gasteiger partial charge in [0.1, 0.15) is 0 Å². The van der Waals surface area contributed by atoms with E-state index in [0.29, 0.717) is 12.1 Å². The SMILES string of the molecule is CC(=O)N1CCc2cc(NC(=O)c3ccc(CSc4ccc(Cl)cc4)cc3)ccc21. The molecule has 0 spiro atoms. The summed E-state index contributed by atoms with van der Waals surface area (Å²) in [5.41, 5.74) is 4.52. The largest absolute Gasteiger partial charge is 0.322 e. The number of hydrogen-bond acceptors (Lipinski definition) is 3. The minimum Gasteiger partial charge on any atom is -0.322 e. The maximum absolute atomic E-state index is 12.6. The van der Waals surface area contributed by atoms with Crippen LogP contribution >= 0.6 is 23.4 Å². The van der Waals surface area contributed by atoms with Crippen LogP contribution in [-0.2, 0) is 17.0 Å². The third-order valence-corrected chi connectivity index (χ3v) is 6.38. The van der Waals surface area contributed by atoms with Crippen molar-refractivity contribution in [1.82, 2.24) is 0 Å². The van der Waals surface area contributed by atoms with Crippen LogP contribution in [0.5, 0.6) is 0 Å². The molecule has 0 aliphatic carbocycles. The van der Waals surface area contributed by atoms with Gasteiger partial charge in [-0.3, -0.25) is 9.59 Å². The molecule has 0 aromatic heterocycles. The Hall–Kier alpha value is -2.76. The Morgan fingerprint density at radius 2 is 1.77 bits per heavy atom. The molecule has 1 N–H and O–H groups in total. The summed E-state index contributed by atoms with van der Waals surface area (Å²) in [6.45, 7) is 2.26. The van der Waals surface area contributed by atoms with Crippen LogP contribution in [0.25, 0.3) is 0 Å². The molecule has 30 heavy (non-hydrogen) atoms. The van der Waals surface area contributed by atoms with Crippen LogP contribution in [0.2, 0.25) is 5.02 Å². The Kier molecular flexibility index (Phi) is 6.11. The zero-order valence-electron chi connectivity index (χ0n) is 16.5. The molecule has 0 bridgehead atoms. The minimum absolute atomic E-state index is 0.0415. The number of thioether (sulfide) groups is 1. The normalized spacial score (nSPS) is 12.5. The van der Waals surface area contributed by atoms with E-state index in [1.54, 1.807) is 23.6 Å². The fraction of sp³-hybridized carbons (Fsp3) is 0.167. The van der Waals surface area contributed by atoms with Gasteiger partial charge in [0, 0.05) is 46.1 Å². The van der Waals surface area contributed by atoms with Gasteiger partial charge in [0.05, 0.1) is 0 Å². The number of nitrogens with zero attached hydrogens (tertiary/aromatic N) is 1. The van der Waals surface area contributed by atoms with Crippen molar-refractivity contribution in [2.24, 2.45) is 0 Å². The van der Waals surface area contributed by atoms with Crippen LogP contribution in [0.15, 0.2) is 71.6 Å². The fourth-order valence-electron chi connectivity index (χ4n) is 3.46. The van der Waals surface area contributed by atoms with Crippen LogP contribution in [0.3, 0.4) is 0 Å². The Bertz CT molecular complexity index is 1080. The molecular weight excluding hydrogens is 416 g/mol. The highest BCUT2D eigenvalue weighted by Gasteiger charge is 2.22. The maximum atomic E-state index is 12.6. The predicted molar refractivity (Wildman–Crippen MR) is 124 cm³/mol. The van der Waals surface area contributed by atoms with Crippen LogP contribution in [-0.4, -0.2) is 18.4 Å². The lowest BCUT2D eigenvalue weighted by molar-refractivity contribution is -0.116. The van der Waals surface area contributed by atoms with E-state index in [2.05, 4.69) is 5.32 Å². The molecule has 2 amide bonds. The monoisotopic (exact) mass is 436 g/mol. The smallest absolute Gasteiger partial charge is 0.255 e. The number of benzene rings is 3. The summed E-state index contributed by atoms with van der Waals surface area (Å²) in [7, 11) is 0. The molecule has 152 valence electrons. The van der Waals surface area contributed by atoms with Gasteiger partial charge in [-0.25, -0.2) is 0 Å². The standard InChI is InChI=1S/C24H21ClN2O2S/c1-16(28)27-13-12-19-14-21(8-11-23(19)27)26-24(29)18-4-2-17(3-5-18)15-30-22-9-6-20(25)7-10-22/h2-11,14H,12-13,15H2,1H3,(H,26,29). The molecule has 0 saturated carbocycles. The first-order valence-corrected chi connectivity index (χ1v) is 11.1. The van der Waals surface area contributed by atoms with E-state index < -0.39 is 0 Å². The van der Waals surface area contributed by atoms with Crippen molar-refractivity contribution >= 4 is 46.6 Å². The second-order valence-corrected chi connectivity index (χ2v) is 8.64. The minimum atomic E-state index is -0.145. The molecule has 3 aromatic rings. The quantitative estimate of drug-likeness (QED) is 0.514.